The first kappa shape index (κ1) is 22.4. The molecule has 3 aromatic carbocycles. The summed E-state index contributed by atoms with van der Waals surface area (Å²) in [6.45, 7) is 3.65. The van der Waals surface area contributed by atoms with Gasteiger partial charge in [-0.1, -0.05) is 54.2 Å². The van der Waals surface area contributed by atoms with E-state index in [1.807, 2.05) is 37.3 Å². The summed E-state index contributed by atoms with van der Waals surface area (Å²) in [5.74, 6) is -0.675. The number of hydrogen-bond acceptors (Lipinski definition) is 5. The fourth-order valence-corrected chi connectivity index (χ4v) is 4.10. The second-order valence-electron chi connectivity index (χ2n) is 7.37. The third-order valence-electron chi connectivity index (χ3n) is 5.04. The van der Waals surface area contributed by atoms with Gasteiger partial charge in [0.15, 0.2) is 5.16 Å². The molecule has 1 N–H and O–H groups in total. The maximum absolute atomic E-state index is 13.3. The van der Waals surface area contributed by atoms with Gasteiger partial charge in [0.25, 0.3) is 11.5 Å². The van der Waals surface area contributed by atoms with Gasteiger partial charge in [-0.3, -0.25) is 14.2 Å². The summed E-state index contributed by atoms with van der Waals surface area (Å²) in [4.78, 5) is 30.4. The summed E-state index contributed by atoms with van der Waals surface area (Å²) in [5, 5.41) is 5.02. The van der Waals surface area contributed by atoms with Crippen molar-refractivity contribution in [3.05, 3.63) is 100 Å². The van der Waals surface area contributed by atoms with Crippen LogP contribution in [0.4, 0.5) is 4.39 Å². The van der Waals surface area contributed by atoms with Gasteiger partial charge in [0.2, 0.25) is 0 Å². The third-order valence-corrected chi connectivity index (χ3v) is 5.98. The lowest BCUT2D eigenvalue weighted by Crippen LogP contribution is -2.25. The number of halogens is 1. The number of nitrogens with one attached hydrogen (secondary N) is 1. The van der Waals surface area contributed by atoms with Gasteiger partial charge < -0.3 is 0 Å². The number of fused-ring (bicyclic) bond motifs is 1. The quantitative estimate of drug-likeness (QED) is 0.199. The lowest BCUT2D eigenvalue weighted by atomic mass is 10.1. The van der Waals surface area contributed by atoms with E-state index in [0.29, 0.717) is 33.0 Å². The molecule has 1 amide bonds. The van der Waals surface area contributed by atoms with E-state index in [1.165, 1.54) is 12.1 Å². The summed E-state index contributed by atoms with van der Waals surface area (Å²) in [7, 11) is 0. The number of amides is 1. The number of nitrogens with zero attached hydrogens (tertiary/aromatic N) is 3. The second-order valence-corrected chi connectivity index (χ2v) is 8.31. The van der Waals surface area contributed by atoms with Crippen molar-refractivity contribution in [2.75, 3.05) is 5.75 Å². The van der Waals surface area contributed by atoms with Gasteiger partial charge >= 0.3 is 0 Å². The number of rotatable bonds is 6. The number of para-hydroxylation sites is 2. The molecule has 0 saturated heterocycles. The maximum atomic E-state index is 13.3. The Labute approximate surface area is 194 Å². The lowest BCUT2D eigenvalue weighted by molar-refractivity contribution is -0.118. The van der Waals surface area contributed by atoms with Gasteiger partial charge in [-0.15, -0.1) is 0 Å². The minimum atomic E-state index is -0.347. The van der Waals surface area contributed by atoms with E-state index in [0.717, 1.165) is 17.3 Å². The average Bonchev–Trinajstić information content (AvgIpc) is 2.82. The summed E-state index contributed by atoms with van der Waals surface area (Å²) < 4.78 is 14.6. The van der Waals surface area contributed by atoms with E-state index in [4.69, 9.17) is 0 Å². The van der Waals surface area contributed by atoms with Crippen molar-refractivity contribution in [2.45, 2.75) is 19.0 Å². The van der Waals surface area contributed by atoms with Crippen LogP contribution in [0.15, 0.2) is 87.8 Å². The average molecular weight is 461 g/mol. The van der Waals surface area contributed by atoms with Gasteiger partial charge in [-0.2, -0.15) is 5.10 Å². The molecular weight excluding hydrogens is 439 g/mol. The predicted octanol–water partition coefficient (Wildman–Crippen LogP) is 4.47. The fourth-order valence-electron chi connectivity index (χ4n) is 3.30. The van der Waals surface area contributed by atoms with Crippen LogP contribution in [0.5, 0.6) is 0 Å². The Morgan fingerprint density at radius 1 is 1.06 bits per heavy atom. The highest BCUT2D eigenvalue weighted by Crippen LogP contribution is 2.23. The Balaban J connectivity index is 1.59. The second kappa shape index (κ2) is 9.79. The zero-order valence-electron chi connectivity index (χ0n) is 18.1. The van der Waals surface area contributed by atoms with Gasteiger partial charge in [0.05, 0.1) is 28.1 Å². The molecule has 8 heteroatoms. The van der Waals surface area contributed by atoms with E-state index >= 15 is 0 Å². The van der Waals surface area contributed by atoms with Crippen molar-refractivity contribution in [1.82, 2.24) is 15.0 Å². The first-order valence-electron chi connectivity index (χ1n) is 10.2. The zero-order chi connectivity index (χ0) is 23.4. The third kappa shape index (κ3) is 5.01. The largest absolute Gasteiger partial charge is 0.272 e. The smallest absolute Gasteiger partial charge is 0.266 e. The van der Waals surface area contributed by atoms with Crippen molar-refractivity contribution in [1.29, 1.82) is 0 Å². The molecule has 0 saturated carbocycles. The molecule has 1 heterocycles. The molecule has 0 radical (unpaired) electrons. The van der Waals surface area contributed by atoms with Crippen LogP contribution >= 0.6 is 11.8 Å². The molecule has 0 spiro atoms. The number of thioether (sulfide) groups is 1. The van der Waals surface area contributed by atoms with Crippen LogP contribution in [0.3, 0.4) is 0 Å². The van der Waals surface area contributed by atoms with Crippen molar-refractivity contribution >= 4 is 34.3 Å². The van der Waals surface area contributed by atoms with E-state index in [9.17, 15) is 14.0 Å². The van der Waals surface area contributed by atoms with Crippen LogP contribution in [-0.2, 0) is 4.79 Å². The first-order valence-corrected chi connectivity index (χ1v) is 11.2. The van der Waals surface area contributed by atoms with Crippen LogP contribution in [0, 0.1) is 12.7 Å². The van der Waals surface area contributed by atoms with Crippen LogP contribution in [0.25, 0.3) is 16.6 Å². The SMILES string of the molecule is CC(=NNC(=O)CSc1nc2ccccc2c(=O)n1-c1ccccc1C)c1ccc(F)cc1. The Hall–Kier alpha value is -3.78. The van der Waals surface area contributed by atoms with Crippen LogP contribution in [0.1, 0.15) is 18.1 Å². The van der Waals surface area contributed by atoms with Crippen molar-refractivity contribution < 1.29 is 9.18 Å². The van der Waals surface area contributed by atoms with Gasteiger partial charge in [0, 0.05) is 0 Å². The normalized spacial score (nSPS) is 11.5. The standard InChI is InChI=1S/C25H21FN4O2S/c1-16-7-3-6-10-22(16)30-24(32)20-8-4-5-9-21(20)27-25(30)33-15-23(31)29-28-17(2)18-11-13-19(26)14-12-18/h3-14H,15H2,1-2H3,(H,29,31). The number of hydrogen-bond donors (Lipinski definition) is 1. The zero-order valence-corrected chi connectivity index (χ0v) is 18.9. The highest BCUT2D eigenvalue weighted by molar-refractivity contribution is 7.99. The monoisotopic (exact) mass is 460 g/mol. The Morgan fingerprint density at radius 3 is 2.52 bits per heavy atom. The van der Waals surface area contributed by atoms with Crippen LogP contribution < -0.4 is 11.0 Å². The number of aromatic nitrogens is 2. The molecule has 33 heavy (non-hydrogen) atoms. The number of aryl methyl sites for hydroxylation is 1. The highest BCUT2D eigenvalue weighted by Gasteiger charge is 2.16. The summed E-state index contributed by atoms with van der Waals surface area (Å²) in [5.41, 5.74) is 5.77. The van der Waals surface area contributed by atoms with Gasteiger partial charge in [-0.25, -0.2) is 14.8 Å². The molecule has 0 aliphatic carbocycles. The van der Waals surface area contributed by atoms with Gasteiger partial charge in [0.1, 0.15) is 5.82 Å². The minimum absolute atomic E-state index is 0.0108. The molecular formula is C25H21FN4O2S. The van der Waals surface area contributed by atoms with E-state index in [-0.39, 0.29) is 23.0 Å². The van der Waals surface area contributed by atoms with E-state index in [1.54, 1.807) is 41.8 Å². The number of hydrazone groups is 1. The molecule has 0 aliphatic heterocycles. The van der Waals surface area contributed by atoms with Crippen molar-refractivity contribution in [3.63, 3.8) is 0 Å². The van der Waals surface area contributed by atoms with E-state index < -0.39 is 0 Å². The van der Waals surface area contributed by atoms with Crippen molar-refractivity contribution in [2.24, 2.45) is 5.10 Å². The maximum Gasteiger partial charge on any atom is 0.266 e. The Morgan fingerprint density at radius 2 is 1.76 bits per heavy atom. The minimum Gasteiger partial charge on any atom is -0.272 e. The topological polar surface area (TPSA) is 76.3 Å². The Kier molecular flexibility index (Phi) is 6.65. The molecule has 0 bridgehead atoms. The van der Waals surface area contributed by atoms with Crippen LogP contribution in [-0.4, -0.2) is 26.9 Å². The number of benzene rings is 3. The molecule has 0 aliphatic rings. The molecule has 0 atom stereocenters. The fraction of sp³-hybridized carbons (Fsp3) is 0.120. The summed E-state index contributed by atoms with van der Waals surface area (Å²) in [6.07, 6.45) is 0. The molecule has 0 fully saturated rings. The highest BCUT2D eigenvalue weighted by atomic mass is 32.2. The summed E-state index contributed by atoms with van der Waals surface area (Å²) in [6, 6.07) is 20.5. The summed E-state index contributed by atoms with van der Waals surface area (Å²) >= 11 is 1.16. The predicted molar refractivity (Wildman–Crippen MR) is 130 cm³/mol. The van der Waals surface area contributed by atoms with E-state index in [2.05, 4.69) is 15.5 Å². The first-order chi connectivity index (χ1) is 15.9. The Bertz CT molecular complexity index is 1410. The van der Waals surface area contributed by atoms with Gasteiger partial charge in [-0.05, 0) is 55.3 Å². The molecule has 1 aromatic heterocycles. The number of carbonyl (C=O) groups excluding carboxylic acids is 1. The molecule has 0 unspecified atom stereocenters. The van der Waals surface area contributed by atoms with Crippen LogP contribution in [0.2, 0.25) is 0 Å². The number of carbonyl (C=O) groups is 1. The molecule has 4 aromatic rings. The van der Waals surface area contributed by atoms with Crippen molar-refractivity contribution in [3.8, 4) is 5.69 Å². The molecule has 166 valence electrons. The molecule has 6 nitrogen and oxygen atoms in total. The molecule has 4 rings (SSSR count). The lowest BCUT2D eigenvalue weighted by Gasteiger charge is -2.14.